The van der Waals surface area contributed by atoms with E-state index in [9.17, 15) is 12.8 Å². The summed E-state index contributed by atoms with van der Waals surface area (Å²) in [5.41, 5.74) is 0.0572. The topological polar surface area (TPSA) is 70.0 Å². The van der Waals surface area contributed by atoms with Crippen LogP contribution in [0.2, 0.25) is 0 Å². The summed E-state index contributed by atoms with van der Waals surface area (Å²) in [5, 5.41) is 8.11. The lowest BCUT2D eigenvalue weighted by atomic mass is 10.2. The van der Waals surface area contributed by atoms with Crippen LogP contribution >= 0.6 is 0 Å². The molecule has 0 bridgehead atoms. The minimum Gasteiger partial charge on any atom is -0.282 e. The summed E-state index contributed by atoms with van der Waals surface area (Å²) in [7, 11) is -3.52. The van der Waals surface area contributed by atoms with Crippen molar-refractivity contribution in [1.82, 2.24) is 0 Å². The van der Waals surface area contributed by atoms with Gasteiger partial charge in [-0.1, -0.05) is 0 Å². The van der Waals surface area contributed by atoms with Crippen LogP contribution in [0.1, 0.15) is 19.4 Å². The highest BCUT2D eigenvalue weighted by Crippen LogP contribution is 2.18. The van der Waals surface area contributed by atoms with Gasteiger partial charge in [-0.15, -0.1) is 0 Å². The van der Waals surface area contributed by atoms with E-state index in [-0.39, 0.29) is 11.3 Å². The predicted molar refractivity (Wildman–Crippen MR) is 58.8 cm³/mol. The third kappa shape index (κ3) is 2.70. The fourth-order valence-corrected chi connectivity index (χ4v) is 1.69. The number of sulfonamides is 1. The minimum absolute atomic E-state index is 0.0378. The zero-order valence-electron chi connectivity index (χ0n) is 8.86. The Morgan fingerprint density at radius 3 is 2.56 bits per heavy atom. The lowest BCUT2D eigenvalue weighted by Gasteiger charge is -2.11. The monoisotopic (exact) mass is 242 g/mol. The molecule has 1 N–H and O–H groups in total. The van der Waals surface area contributed by atoms with Crippen molar-refractivity contribution in [1.29, 1.82) is 5.26 Å². The van der Waals surface area contributed by atoms with Crippen LogP contribution in [-0.2, 0) is 10.0 Å². The molecular weight excluding hydrogens is 231 g/mol. The van der Waals surface area contributed by atoms with E-state index >= 15 is 0 Å². The number of anilines is 1. The molecule has 0 heterocycles. The largest absolute Gasteiger partial charge is 0.282 e. The molecule has 0 saturated carbocycles. The van der Waals surface area contributed by atoms with E-state index in [0.717, 1.165) is 12.1 Å². The number of hydrogen-bond acceptors (Lipinski definition) is 3. The first-order valence-electron chi connectivity index (χ1n) is 4.58. The Labute approximate surface area is 93.8 Å². The smallest absolute Gasteiger partial charge is 0.235 e. The highest BCUT2D eigenvalue weighted by atomic mass is 32.2. The molecule has 0 saturated heterocycles. The maximum Gasteiger partial charge on any atom is 0.235 e. The maximum absolute atomic E-state index is 12.8. The number of nitrogens with one attached hydrogen (secondary N) is 1. The minimum atomic E-state index is -3.52. The van der Waals surface area contributed by atoms with Crippen LogP contribution in [0.3, 0.4) is 0 Å². The second-order valence-electron chi connectivity index (χ2n) is 3.50. The Morgan fingerprint density at radius 2 is 2.06 bits per heavy atom. The van der Waals surface area contributed by atoms with Crippen molar-refractivity contribution in [2.45, 2.75) is 19.1 Å². The molecule has 0 unspecified atom stereocenters. The first-order valence-corrected chi connectivity index (χ1v) is 6.12. The van der Waals surface area contributed by atoms with Crippen molar-refractivity contribution in [2.24, 2.45) is 0 Å². The molecule has 0 radical (unpaired) electrons. The van der Waals surface area contributed by atoms with Gasteiger partial charge >= 0.3 is 0 Å². The Hall–Kier alpha value is -1.61. The SMILES string of the molecule is CC(C)S(=O)(=O)Nc1ccc(F)cc1C#N. The number of nitrogens with zero attached hydrogens (tertiary/aromatic N) is 1. The molecule has 0 aliphatic carbocycles. The molecule has 0 spiro atoms. The Kier molecular flexibility index (Phi) is 3.50. The summed E-state index contributed by atoms with van der Waals surface area (Å²) in [6, 6.07) is 5.04. The van der Waals surface area contributed by atoms with Crippen LogP contribution in [0.25, 0.3) is 0 Å². The average Bonchev–Trinajstić information content (AvgIpc) is 2.20. The van der Waals surface area contributed by atoms with Crippen LogP contribution < -0.4 is 4.72 Å². The van der Waals surface area contributed by atoms with Crippen LogP contribution in [0.5, 0.6) is 0 Å². The van der Waals surface area contributed by atoms with Crippen molar-refractivity contribution in [3.05, 3.63) is 29.6 Å². The van der Waals surface area contributed by atoms with Gasteiger partial charge in [0.25, 0.3) is 0 Å². The average molecular weight is 242 g/mol. The Bertz CT molecular complexity index is 532. The molecule has 0 aliphatic heterocycles. The first-order chi connectivity index (χ1) is 7.36. The molecule has 0 aromatic heterocycles. The summed E-state index contributed by atoms with van der Waals surface area (Å²) < 4.78 is 38.1. The molecule has 1 aromatic carbocycles. The fraction of sp³-hybridized carbons (Fsp3) is 0.300. The van der Waals surface area contributed by atoms with Gasteiger partial charge in [-0.25, -0.2) is 12.8 Å². The van der Waals surface area contributed by atoms with Gasteiger partial charge in [0.05, 0.1) is 16.5 Å². The second kappa shape index (κ2) is 4.49. The van der Waals surface area contributed by atoms with Crippen molar-refractivity contribution in [2.75, 3.05) is 4.72 Å². The Morgan fingerprint density at radius 1 is 1.44 bits per heavy atom. The third-order valence-corrected chi connectivity index (χ3v) is 3.72. The van der Waals surface area contributed by atoms with Gasteiger partial charge in [-0.2, -0.15) is 5.26 Å². The molecular formula is C10H11FN2O2S. The second-order valence-corrected chi connectivity index (χ2v) is 5.73. The molecule has 0 fully saturated rings. The molecule has 0 atom stereocenters. The van der Waals surface area contributed by atoms with Crippen LogP contribution in [0.4, 0.5) is 10.1 Å². The van der Waals surface area contributed by atoms with Gasteiger partial charge in [0.2, 0.25) is 10.0 Å². The van der Waals surface area contributed by atoms with Crippen molar-refractivity contribution >= 4 is 15.7 Å². The summed E-state index contributed by atoms with van der Waals surface area (Å²) >= 11 is 0. The van der Waals surface area contributed by atoms with Gasteiger partial charge in [0, 0.05) is 0 Å². The molecule has 4 nitrogen and oxygen atoms in total. The van der Waals surface area contributed by atoms with Gasteiger partial charge in [-0.3, -0.25) is 4.72 Å². The molecule has 6 heteroatoms. The van der Waals surface area contributed by atoms with E-state index in [1.807, 2.05) is 0 Å². The van der Waals surface area contributed by atoms with E-state index in [2.05, 4.69) is 4.72 Å². The highest BCUT2D eigenvalue weighted by Gasteiger charge is 2.17. The fourth-order valence-electron chi connectivity index (χ4n) is 0.969. The molecule has 1 aromatic rings. The number of nitriles is 1. The number of rotatable bonds is 3. The van der Waals surface area contributed by atoms with E-state index in [0.29, 0.717) is 0 Å². The standard InChI is InChI=1S/C10H11FN2O2S/c1-7(2)16(14,15)13-10-4-3-9(11)5-8(10)6-12/h3-5,7,13H,1-2H3. The zero-order valence-corrected chi connectivity index (χ0v) is 9.68. The quantitative estimate of drug-likeness (QED) is 0.879. The number of benzene rings is 1. The van der Waals surface area contributed by atoms with Crippen LogP contribution in [0.15, 0.2) is 18.2 Å². The normalized spacial score (nSPS) is 11.2. The van der Waals surface area contributed by atoms with Gasteiger partial charge in [-0.05, 0) is 32.0 Å². The maximum atomic E-state index is 12.8. The molecule has 1 rings (SSSR count). The summed E-state index contributed by atoms with van der Waals surface area (Å²) in [6.45, 7) is 3.02. The van der Waals surface area contributed by atoms with Gasteiger partial charge < -0.3 is 0 Å². The first kappa shape index (κ1) is 12.5. The molecule has 16 heavy (non-hydrogen) atoms. The van der Waals surface area contributed by atoms with E-state index in [1.165, 1.54) is 19.9 Å². The van der Waals surface area contributed by atoms with E-state index in [4.69, 9.17) is 5.26 Å². The summed E-state index contributed by atoms with van der Waals surface area (Å²) in [5.74, 6) is -0.580. The third-order valence-electron chi connectivity index (χ3n) is 1.97. The van der Waals surface area contributed by atoms with Crippen LogP contribution in [-0.4, -0.2) is 13.7 Å². The van der Waals surface area contributed by atoms with Crippen molar-refractivity contribution in [3.63, 3.8) is 0 Å². The highest BCUT2D eigenvalue weighted by molar-refractivity contribution is 7.93. The lowest BCUT2D eigenvalue weighted by Crippen LogP contribution is -2.22. The molecule has 0 amide bonds. The predicted octanol–water partition coefficient (Wildman–Crippen LogP) is 1.85. The summed E-state index contributed by atoms with van der Waals surface area (Å²) in [6.07, 6.45) is 0. The number of halogens is 1. The molecule has 86 valence electrons. The molecule has 0 aliphatic rings. The van der Waals surface area contributed by atoms with E-state index in [1.54, 1.807) is 6.07 Å². The zero-order chi connectivity index (χ0) is 12.3. The number of hydrogen-bond donors (Lipinski definition) is 1. The Balaban J connectivity index is 3.13. The summed E-state index contributed by atoms with van der Waals surface area (Å²) in [4.78, 5) is 0. The van der Waals surface area contributed by atoms with Crippen molar-refractivity contribution in [3.8, 4) is 6.07 Å². The van der Waals surface area contributed by atoms with E-state index < -0.39 is 21.1 Å². The van der Waals surface area contributed by atoms with Gasteiger partial charge in [0.15, 0.2) is 0 Å². The van der Waals surface area contributed by atoms with Gasteiger partial charge in [0.1, 0.15) is 11.9 Å². The lowest BCUT2D eigenvalue weighted by molar-refractivity contribution is 0.592. The van der Waals surface area contributed by atoms with Crippen molar-refractivity contribution < 1.29 is 12.8 Å². The van der Waals surface area contributed by atoms with Crippen LogP contribution in [0, 0.1) is 17.1 Å².